The molecule has 0 bridgehead atoms. The van der Waals surface area contributed by atoms with Gasteiger partial charge < -0.3 is 20.4 Å². The summed E-state index contributed by atoms with van der Waals surface area (Å²) in [6, 6.07) is 22.8. The van der Waals surface area contributed by atoms with Gasteiger partial charge in [0.25, 0.3) is 23.3 Å². The number of para-hydroxylation sites is 1. The summed E-state index contributed by atoms with van der Waals surface area (Å²) in [5.41, 5.74) is 3.55. The Bertz CT molecular complexity index is 3070. The van der Waals surface area contributed by atoms with Gasteiger partial charge >= 0.3 is 11.7 Å². The van der Waals surface area contributed by atoms with Crippen molar-refractivity contribution >= 4 is 62.6 Å². The molecule has 7 aromatic rings. The van der Waals surface area contributed by atoms with Crippen LogP contribution in [0.1, 0.15) is 63.9 Å². The predicted octanol–water partition coefficient (Wildman–Crippen LogP) is 2.77. The lowest BCUT2D eigenvalue weighted by Gasteiger charge is -2.16. The van der Waals surface area contributed by atoms with Crippen LogP contribution in [0.5, 0.6) is 5.75 Å². The number of hydrogen-bond acceptors (Lipinski definition) is 9. The molecular formula is C43H37N8O8+. The Morgan fingerprint density at radius 3 is 2.14 bits per heavy atom. The first kappa shape index (κ1) is 38.1. The van der Waals surface area contributed by atoms with Crippen molar-refractivity contribution in [2.45, 2.75) is 26.8 Å². The van der Waals surface area contributed by atoms with Crippen molar-refractivity contribution in [2.75, 3.05) is 6.67 Å². The average molecular weight is 794 g/mol. The second-order valence-electron chi connectivity index (χ2n) is 14.4. The van der Waals surface area contributed by atoms with E-state index in [2.05, 4.69) is 20.6 Å². The van der Waals surface area contributed by atoms with Crippen LogP contribution in [0.15, 0.2) is 88.5 Å². The van der Waals surface area contributed by atoms with Gasteiger partial charge in [0.1, 0.15) is 24.1 Å². The molecule has 0 unspecified atom stereocenters. The Balaban J connectivity index is 0.994. The molecule has 296 valence electrons. The van der Waals surface area contributed by atoms with Crippen molar-refractivity contribution in [3.8, 4) is 5.75 Å². The van der Waals surface area contributed by atoms with E-state index in [0.29, 0.717) is 44.2 Å². The molecule has 1 aliphatic heterocycles. The zero-order chi connectivity index (χ0) is 41.9. The van der Waals surface area contributed by atoms with E-state index in [0.717, 1.165) is 15.6 Å². The largest absolute Gasteiger partial charge is 0.422 e. The molecule has 59 heavy (non-hydrogen) atoms. The van der Waals surface area contributed by atoms with Gasteiger partial charge in [-0.1, -0.05) is 30.3 Å². The van der Waals surface area contributed by atoms with E-state index >= 15 is 0 Å². The van der Waals surface area contributed by atoms with Crippen molar-refractivity contribution < 1.29 is 33.3 Å². The zero-order valence-corrected chi connectivity index (χ0v) is 32.6. The van der Waals surface area contributed by atoms with Crippen molar-refractivity contribution in [3.05, 3.63) is 144 Å². The molecular weight excluding hydrogens is 757 g/mol. The van der Waals surface area contributed by atoms with Crippen LogP contribution in [-0.2, 0) is 38.9 Å². The predicted molar refractivity (Wildman–Crippen MR) is 215 cm³/mol. The molecule has 3 N–H and O–H groups in total. The number of pyridine rings is 1. The second-order valence-corrected chi connectivity index (χ2v) is 14.4. The topological polar surface area (TPSA) is 198 Å². The number of aryl methyl sites for hydroxylation is 4. The maximum absolute atomic E-state index is 14.3. The van der Waals surface area contributed by atoms with Crippen molar-refractivity contribution in [3.63, 3.8) is 0 Å². The summed E-state index contributed by atoms with van der Waals surface area (Å²) in [5.74, 6) is -1.95. The highest BCUT2D eigenvalue weighted by Crippen LogP contribution is 2.31. The molecule has 16 nitrogen and oxygen atoms in total. The normalized spacial score (nSPS) is 12.4. The van der Waals surface area contributed by atoms with E-state index < -0.39 is 29.0 Å². The number of rotatable bonds is 9. The fraction of sp³-hybridized carbons (Fsp3) is 0.186. The quantitative estimate of drug-likeness (QED) is 0.0492. The highest BCUT2D eigenvalue weighted by molar-refractivity contribution is 6.21. The number of benzene rings is 4. The number of amides is 4. The molecule has 4 amide bonds. The van der Waals surface area contributed by atoms with Crippen LogP contribution in [0, 0.1) is 13.8 Å². The number of hydrogen-bond donors (Lipinski definition) is 3. The van der Waals surface area contributed by atoms with Gasteiger partial charge in [0.05, 0.1) is 47.1 Å². The minimum atomic E-state index is -0.636. The Kier molecular flexibility index (Phi) is 9.46. The van der Waals surface area contributed by atoms with Gasteiger partial charge in [-0.3, -0.25) is 38.0 Å². The van der Waals surface area contributed by atoms with E-state index in [1.165, 1.54) is 23.6 Å². The molecule has 16 heteroatoms. The first-order valence-corrected chi connectivity index (χ1v) is 18.5. The third-order valence-electron chi connectivity index (χ3n) is 10.6. The zero-order valence-electron chi connectivity index (χ0n) is 32.6. The molecule has 0 atom stereocenters. The van der Waals surface area contributed by atoms with E-state index in [-0.39, 0.29) is 59.7 Å². The van der Waals surface area contributed by atoms with E-state index in [1.807, 2.05) is 48.0 Å². The Morgan fingerprint density at radius 1 is 0.797 bits per heavy atom. The van der Waals surface area contributed by atoms with Crippen molar-refractivity contribution in [1.82, 2.24) is 34.6 Å². The van der Waals surface area contributed by atoms with Gasteiger partial charge in [-0.05, 0) is 66.9 Å². The number of esters is 1. The Morgan fingerprint density at radius 2 is 1.44 bits per heavy atom. The van der Waals surface area contributed by atoms with E-state index in [9.17, 15) is 33.6 Å². The monoisotopic (exact) mass is 793 g/mol. The number of carbonyl (C=O) groups excluding carboxylic acids is 5. The van der Waals surface area contributed by atoms with Crippen LogP contribution < -0.4 is 31.2 Å². The van der Waals surface area contributed by atoms with Gasteiger partial charge in [-0.15, -0.1) is 0 Å². The highest BCUT2D eigenvalue weighted by atomic mass is 16.5. The average Bonchev–Trinajstić information content (AvgIpc) is 3.75. The first-order valence-electron chi connectivity index (χ1n) is 18.5. The smallest absolute Gasteiger partial charge is 0.345 e. The second kappa shape index (κ2) is 14.6. The fourth-order valence-electron chi connectivity index (χ4n) is 7.60. The van der Waals surface area contributed by atoms with Gasteiger partial charge in [-0.2, -0.15) is 4.57 Å². The summed E-state index contributed by atoms with van der Waals surface area (Å²) < 4.78 is 10.2. The number of nitrogens with zero attached hydrogens (tertiary/aromatic N) is 5. The Hall–Kier alpha value is -7.75. The molecule has 0 fully saturated rings. The van der Waals surface area contributed by atoms with Crippen LogP contribution in [0.3, 0.4) is 0 Å². The summed E-state index contributed by atoms with van der Waals surface area (Å²) in [6.07, 6.45) is -0.238. The molecule has 0 saturated carbocycles. The maximum Gasteiger partial charge on any atom is 0.345 e. The maximum atomic E-state index is 14.3. The molecule has 0 spiro atoms. The number of ether oxygens (including phenoxy) is 1. The number of imide groups is 1. The standard InChI is InChI=1S/C43H36N8O8/c1-22-16-25(38(53)45-21-44-33(52)19-32-46-35-37(47-32)49(4)43(58)50(5)41(35)56)17-23(2)36(22)59-42(57)34-28-12-8-9-13-30(28)48(3)31-15-14-24(18-29(31)34)20-51-39(54)26-10-6-7-11-27(26)40(51)55/h6-18H,19-21H2,1-5H3,(H2-,44,45,46,47,52,53,56)/p+1. The van der Waals surface area contributed by atoms with Crippen LogP contribution in [0.2, 0.25) is 0 Å². The summed E-state index contributed by atoms with van der Waals surface area (Å²) in [6.45, 7) is 3.22. The molecule has 8 rings (SSSR count). The number of nitrogens with one attached hydrogen (secondary N) is 3. The number of imidazole rings is 1. The molecule has 4 heterocycles. The lowest BCUT2D eigenvalue weighted by Crippen LogP contribution is -2.38. The summed E-state index contributed by atoms with van der Waals surface area (Å²) >= 11 is 0. The number of aromatic nitrogens is 5. The van der Waals surface area contributed by atoms with Crippen molar-refractivity contribution in [1.29, 1.82) is 0 Å². The number of fused-ring (bicyclic) bond motifs is 4. The van der Waals surface area contributed by atoms with Gasteiger partial charge in [0.15, 0.2) is 5.65 Å². The fourth-order valence-corrected chi connectivity index (χ4v) is 7.60. The van der Waals surface area contributed by atoms with Crippen LogP contribution in [0.4, 0.5) is 0 Å². The minimum absolute atomic E-state index is 0.00551. The van der Waals surface area contributed by atoms with Crippen molar-refractivity contribution in [2.24, 2.45) is 21.1 Å². The SMILES string of the molecule is Cc1cc(C(=O)NCNC(=O)Cc2nc3c([nH]2)c(=O)n(C)c(=O)n3C)cc(C)c1OC(=O)c1c2ccccc2[n+](C)c2ccc(CN3C(=O)c4ccccc4C3=O)cc12. The van der Waals surface area contributed by atoms with E-state index in [4.69, 9.17) is 4.74 Å². The lowest BCUT2D eigenvalue weighted by atomic mass is 9.99. The van der Waals surface area contributed by atoms with Gasteiger partial charge in [0, 0.05) is 31.8 Å². The molecule has 0 saturated heterocycles. The third-order valence-corrected chi connectivity index (χ3v) is 10.6. The first-order chi connectivity index (χ1) is 28.2. The highest BCUT2D eigenvalue weighted by Gasteiger charge is 2.35. The van der Waals surface area contributed by atoms with Gasteiger partial charge in [0.2, 0.25) is 16.9 Å². The molecule has 0 radical (unpaired) electrons. The number of carbonyl (C=O) groups is 5. The third kappa shape index (κ3) is 6.59. The minimum Gasteiger partial charge on any atom is -0.422 e. The Labute approximate surface area is 334 Å². The van der Waals surface area contributed by atoms with E-state index in [1.54, 1.807) is 56.3 Å². The molecule has 0 aliphatic carbocycles. The summed E-state index contributed by atoms with van der Waals surface area (Å²) in [5, 5.41) is 6.43. The number of aromatic amines is 1. The summed E-state index contributed by atoms with van der Waals surface area (Å²) in [4.78, 5) is 99.5. The van der Waals surface area contributed by atoms with Gasteiger partial charge in [-0.25, -0.2) is 14.6 Å². The number of H-pyrrole nitrogens is 1. The molecule has 1 aliphatic rings. The van der Waals surface area contributed by atoms with Crippen LogP contribution in [-0.4, -0.2) is 60.3 Å². The van der Waals surface area contributed by atoms with Crippen LogP contribution in [0.25, 0.3) is 33.0 Å². The van der Waals surface area contributed by atoms with Crippen LogP contribution >= 0.6 is 0 Å². The molecule has 3 aromatic heterocycles. The lowest BCUT2D eigenvalue weighted by molar-refractivity contribution is -0.617. The molecule has 4 aromatic carbocycles. The summed E-state index contributed by atoms with van der Waals surface area (Å²) in [7, 11) is 4.71.